The number of carbonyl (C=O) groups excluding carboxylic acids is 1. The van der Waals surface area contributed by atoms with Gasteiger partial charge >= 0.3 is 5.97 Å². The van der Waals surface area contributed by atoms with Crippen molar-refractivity contribution in [3.63, 3.8) is 0 Å². The molecule has 0 spiro atoms. The number of hydrogen-bond acceptors (Lipinski definition) is 4. The third-order valence-corrected chi connectivity index (χ3v) is 2.48. The Morgan fingerprint density at radius 2 is 2.29 bits per heavy atom. The molecule has 1 rings (SSSR count). The molecule has 1 aliphatic carbocycles. The molecule has 14 heavy (non-hydrogen) atoms. The van der Waals surface area contributed by atoms with E-state index in [1.54, 1.807) is 7.11 Å². The molecule has 1 aliphatic rings. The van der Waals surface area contributed by atoms with Gasteiger partial charge in [-0.3, -0.25) is 4.79 Å². The summed E-state index contributed by atoms with van der Waals surface area (Å²) in [7, 11) is 1.55. The van der Waals surface area contributed by atoms with E-state index in [1.807, 2.05) is 0 Å². The van der Waals surface area contributed by atoms with Crippen LogP contribution in [-0.2, 0) is 14.3 Å². The van der Waals surface area contributed by atoms with E-state index in [0.717, 1.165) is 12.3 Å². The molecule has 4 nitrogen and oxygen atoms in total. The van der Waals surface area contributed by atoms with Gasteiger partial charge in [0.15, 0.2) is 0 Å². The SMILES string of the molecule is COC(CN)CC(=O)OCCC1CC1. The maximum atomic E-state index is 11.2. The van der Waals surface area contributed by atoms with Crippen LogP contribution < -0.4 is 5.73 Å². The van der Waals surface area contributed by atoms with Crippen LogP contribution in [-0.4, -0.2) is 32.3 Å². The van der Waals surface area contributed by atoms with Gasteiger partial charge in [-0.1, -0.05) is 12.8 Å². The van der Waals surface area contributed by atoms with Crippen LogP contribution in [0.1, 0.15) is 25.7 Å². The van der Waals surface area contributed by atoms with Gasteiger partial charge < -0.3 is 15.2 Å². The Morgan fingerprint density at radius 1 is 1.57 bits per heavy atom. The van der Waals surface area contributed by atoms with Crippen LogP contribution in [0.5, 0.6) is 0 Å². The lowest BCUT2D eigenvalue weighted by molar-refractivity contribution is -0.146. The van der Waals surface area contributed by atoms with Gasteiger partial charge in [0, 0.05) is 13.7 Å². The zero-order valence-electron chi connectivity index (χ0n) is 8.70. The fourth-order valence-electron chi connectivity index (χ4n) is 1.25. The van der Waals surface area contributed by atoms with Gasteiger partial charge in [-0.25, -0.2) is 0 Å². The van der Waals surface area contributed by atoms with Crippen molar-refractivity contribution in [1.29, 1.82) is 0 Å². The Bertz CT molecular complexity index is 176. The molecule has 0 amide bonds. The summed E-state index contributed by atoms with van der Waals surface area (Å²) in [5.74, 6) is 0.596. The van der Waals surface area contributed by atoms with Crippen LogP contribution in [0.3, 0.4) is 0 Å². The normalized spacial score (nSPS) is 17.9. The average Bonchev–Trinajstić information content (AvgIpc) is 2.98. The van der Waals surface area contributed by atoms with E-state index in [9.17, 15) is 4.79 Å². The van der Waals surface area contributed by atoms with Crippen LogP contribution in [0, 0.1) is 5.92 Å². The van der Waals surface area contributed by atoms with Crippen LogP contribution in [0.25, 0.3) is 0 Å². The second-order valence-corrected chi connectivity index (χ2v) is 3.75. The lowest BCUT2D eigenvalue weighted by atomic mass is 10.2. The smallest absolute Gasteiger partial charge is 0.308 e. The van der Waals surface area contributed by atoms with E-state index in [-0.39, 0.29) is 18.5 Å². The van der Waals surface area contributed by atoms with Crippen LogP contribution in [0.2, 0.25) is 0 Å². The Morgan fingerprint density at radius 3 is 2.79 bits per heavy atom. The van der Waals surface area contributed by atoms with E-state index >= 15 is 0 Å². The number of rotatable bonds is 7. The molecule has 2 N–H and O–H groups in total. The molecule has 0 aromatic carbocycles. The van der Waals surface area contributed by atoms with E-state index in [0.29, 0.717) is 13.2 Å². The fraction of sp³-hybridized carbons (Fsp3) is 0.900. The number of carbonyl (C=O) groups is 1. The third-order valence-electron chi connectivity index (χ3n) is 2.48. The highest BCUT2D eigenvalue weighted by molar-refractivity contribution is 5.69. The van der Waals surface area contributed by atoms with Crippen molar-refractivity contribution in [3.05, 3.63) is 0 Å². The van der Waals surface area contributed by atoms with Crippen molar-refractivity contribution in [2.75, 3.05) is 20.3 Å². The average molecular weight is 201 g/mol. The molecule has 1 fully saturated rings. The maximum Gasteiger partial charge on any atom is 0.308 e. The van der Waals surface area contributed by atoms with Crippen molar-refractivity contribution in [2.24, 2.45) is 11.7 Å². The summed E-state index contributed by atoms with van der Waals surface area (Å²) in [5.41, 5.74) is 5.39. The molecular formula is C10H19NO3. The van der Waals surface area contributed by atoms with Crippen molar-refractivity contribution in [2.45, 2.75) is 31.8 Å². The lowest BCUT2D eigenvalue weighted by Gasteiger charge is -2.11. The highest BCUT2D eigenvalue weighted by Crippen LogP contribution is 2.32. The summed E-state index contributed by atoms with van der Waals surface area (Å²) in [6.07, 6.45) is 3.65. The molecule has 0 radical (unpaired) electrons. The number of hydrogen-bond donors (Lipinski definition) is 1. The van der Waals surface area contributed by atoms with Crippen molar-refractivity contribution in [3.8, 4) is 0 Å². The van der Waals surface area contributed by atoms with Crippen LogP contribution in [0.4, 0.5) is 0 Å². The Balaban J connectivity index is 2.01. The topological polar surface area (TPSA) is 61.5 Å². The van der Waals surface area contributed by atoms with Gasteiger partial charge in [0.25, 0.3) is 0 Å². The predicted octanol–water partition coefficient (Wildman–Crippen LogP) is 0.693. The first-order chi connectivity index (χ1) is 6.76. The van der Waals surface area contributed by atoms with Gasteiger partial charge in [-0.15, -0.1) is 0 Å². The van der Waals surface area contributed by atoms with E-state index in [2.05, 4.69) is 0 Å². The third kappa shape index (κ3) is 4.58. The Hall–Kier alpha value is -0.610. The largest absolute Gasteiger partial charge is 0.466 e. The molecule has 0 heterocycles. The molecule has 1 saturated carbocycles. The van der Waals surface area contributed by atoms with Crippen LogP contribution >= 0.6 is 0 Å². The second-order valence-electron chi connectivity index (χ2n) is 3.75. The molecule has 0 aromatic rings. The van der Waals surface area contributed by atoms with Crippen molar-refractivity contribution in [1.82, 2.24) is 0 Å². The quantitative estimate of drug-likeness (QED) is 0.616. The van der Waals surface area contributed by atoms with Gasteiger partial charge in [0.05, 0.1) is 19.1 Å². The Kier molecular flexibility index (Phi) is 4.90. The molecule has 0 aromatic heterocycles. The van der Waals surface area contributed by atoms with E-state index in [4.69, 9.17) is 15.2 Å². The zero-order chi connectivity index (χ0) is 10.4. The minimum absolute atomic E-state index is 0.205. The van der Waals surface area contributed by atoms with E-state index in [1.165, 1.54) is 12.8 Å². The minimum atomic E-state index is -0.206. The summed E-state index contributed by atoms with van der Waals surface area (Å²) < 4.78 is 10.0. The zero-order valence-corrected chi connectivity index (χ0v) is 8.70. The molecular weight excluding hydrogens is 182 g/mol. The first-order valence-corrected chi connectivity index (χ1v) is 5.14. The highest BCUT2D eigenvalue weighted by Gasteiger charge is 2.21. The van der Waals surface area contributed by atoms with Gasteiger partial charge in [-0.05, 0) is 12.3 Å². The number of ether oxygens (including phenoxy) is 2. The summed E-state index contributed by atoms with van der Waals surface area (Å²) in [5, 5.41) is 0. The first-order valence-electron chi connectivity index (χ1n) is 5.14. The predicted molar refractivity (Wildman–Crippen MR) is 52.8 cm³/mol. The summed E-state index contributed by atoms with van der Waals surface area (Å²) in [6, 6.07) is 0. The van der Waals surface area contributed by atoms with Crippen molar-refractivity contribution >= 4 is 5.97 Å². The molecule has 82 valence electrons. The number of nitrogens with two attached hydrogens (primary N) is 1. The maximum absolute atomic E-state index is 11.2. The minimum Gasteiger partial charge on any atom is -0.466 e. The molecule has 0 aliphatic heterocycles. The van der Waals surface area contributed by atoms with Crippen molar-refractivity contribution < 1.29 is 14.3 Å². The van der Waals surface area contributed by atoms with Gasteiger partial charge in [-0.2, -0.15) is 0 Å². The molecule has 0 bridgehead atoms. The molecule has 4 heteroatoms. The second kappa shape index (κ2) is 5.98. The number of esters is 1. The summed E-state index contributed by atoms with van der Waals surface area (Å²) >= 11 is 0. The Labute approximate surface area is 84.7 Å². The number of methoxy groups -OCH3 is 1. The summed E-state index contributed by atoms with van der Waals surface area (Å²) in [6.45, 7) is 0.902. The fourth-order valence-corrected chi connectivity index (χ4v) is 1.25. The van der Waals surface area contributed by atoms with Crippen LogP contribution in [0.15, 0.2) is 0 Å². The van der Waals surface area contributed by atoms with E-state index < -0.39 is 0 Å². The standard InChI is InChI=1S/C10H19NO3/c1-13-9(7-11)6-10(12)14-5-4-8-2-3-8/h8-9H,2-7,11H2,1H3. The lowest BCUT2D eigenvalue weighted by Crippen LogP contribution is -2.26. The molecule has 1 unspecified atom stereocenters. The van der Waals surface area contributed by atoms with Gasteiger partial charge in [0.2, 0.25) is 0 Å². The monoisotopic (exact) mass is 201 g/mol. The highest BCUT2D eigenvalue weighted by atomic mass is 16.5. The molecule has 1 atom stereocenters. The summed E-state index contributed by atoms with van der Waals surface area (Å²) in [4.78, 5) is 11.2. The van der Waals surface area contributed by atoms with Gasteiger partial charge in [0.1, 0.15) is 0 Å². The molecule has 0 saturated heterocycles. The first kappa shape index (κ1) is 11.5.